The molecule has 0 spiro atoms. The van der Waals surface area contributed by atoms with Gasteiger partial charge in [-0.1, -0.05) is 29.8 Å². The molecule has 6 nitrogen and oxygen atoms in total. The van der Waals surface area contributed by atoms with E-state index >= 15 is 0 Å². The minimum atomic E-state index is -0.253. The summed E-state index contributed by atoms with van der Waals surface area (Å²) < 4.78 is 0. The van der Waals surface area contributed by atoms with Crippen molar-refractivity contribution in [2.75, 3.05) is 11.9 Å². The number of carbonyl (C=O) groups is 1. The predicted molar refractivity (Wildman–Crippen MR) is 101 cm³/mol. The number of pyridine rings is 1. The Bertz CT molecular complexity index is 855. The molecule has 0 aliphatic rings. The number of hydrogen-bond acceptors (Lipinski definition) is 5. The first-order valence-corrected chi connectivity index (χ1v) is 8.57. The van der Waals surface area contributed by atoms with Crippen LogP contribution >= 0.6 is 11.6 Å². The number of halogens is 1. The van der Waals surface area contributed by atoms with Crippen LogP contribution in [0.25, 0.3) is 0 Å². The van der Waals surface area contributed by atoms with Crippen molar-refractivity contribution < 1.29 is 4.79 Å². The number of nitrogens with zero attached hydrogens (tertiary/aromatic N) is 3. The maximum atomic E-state index is 12.2. The van der Waals surface area contributed by atoms with Crippen LogP contribution in [0.3, 0.4) is 0 Å². The van der Waals surface area contributed by atoms with E-state index in [0.717, 1.165) is 22.6 Å². The van der Waals surface area contributed by atoms with E-state index in [9.17, 15) is 4.79 Å². The summed E-state index contributed by atoms with van der Waals surface area (Å²) in [4.78, 5) is 24.7. The fourth-order valence-corrected chi connectivity index (χ4v) is 2.44. The molecule has 26 heavy (non-hydrogen) atoms. The first kappa shape index (κ1) is 17.8. The molecule has 132 valence electrons. The van der Waals surface area contributed by atoms with Gasteiger partial charge in [-0.25, -0.2) is 9.97 Å². The van der Waals surface area contributed by atoms with Crippen LogP contribution in [0.5, 0.6) is 0 Å². The highest BCUT2D eigenvalue weighted by Gasteiger charge is 2.08. The van der Waals surface area contributed by atoms with Gasteiger partial charge in [0.25, 0.3) is 5.91 Å². The summed E-state index contributed by atoms with van der Waals surface area (Å²) in [6.07, 6.45) is 5.77. The van der Waals surface area contributed by atoms with Crippen LogP contribution in [-0.4, -0.2) is 27.4 Å². The Kier molecular flexibility index (Phi) is 6.11. The van der Waals surface area contributed by atoms with E-state index in [4.69, 9.17) is 11.6 Å². The second-order valence-corrected chi connectivity index (χ2v) is 6.05. The average Bonchev–Trinajstić information content (AvgIpc) is 2.69. The van der Waals surface area contributed by atoms with Crippen LogP contribution in [0.2, 0.25) is 5.02 Å². The molecule has 0 aliphatic carbocycles. The summed E-state index contributed by atoms with van der Waals surface area (Å²) in [5.74, 6) is 0.171. The van der Waals surface area contributed by atoms with Crippen LogP contribution < -0.4 is 10.6 Å². The lowest BCUT2D eigenvalue weighted by Gasteiger charge is -2.07. The zero-order chi connectivity index (χ0) is 18.2. The number of anilines is 1. The zero-order valence-corrected chi connectivity index (χ0v) is 14.8. The molecule has 1 amide bonds. The number of amides is 1. The smallest absolute Gasteiger partial charge is 0.270 e. The first-order chi connectivity index (χ1) is 12.7. The number of rotatable bonds is 7. The van der Waals surface area contributed by atoms with Gasteiger partial charge in [-0.3, -0.25) is 9.78 Å². The Hall–Kier alpha value is -2.99. The van der Waals surface area contributed by atoms with Crippen LogP contribution in [0.4, 0.5) is 5.95 Å². The summed E-state index contributed by atoms with van der Waals surface area (Å²) >= 11 is 5.88. The molecule has 0 unspecified atom stereocenters. The molecule has 1 aromatic carbocycles. The molecule has 0 atom stereocenters. The lowest BCUT2D eigenvalue weighted by molar-refractivity contribution is 0.0946. The fraction of sp³-hybridized carbons (Fsp3) is 0.158. The normalized spacial score (nSPS) is 10.3. The summed E-state index contributed by atoms with van der Waals surface area (Å²) in [5.41, 5.74) is 2.40. The molecular weight excluding hydrogens is 350 g/mol. The highest BCUT2D eigenvalue weighted by molar-refractivity contribution is 6.30. The summed E-state index contributed by atoms with van der Waals surface area (Å²) in [7, 11) is 0. The summed E-state index contributed by atoms with van der Waals surface area (Å²) in [6, 6.07) is 13.0. The molecule has 0 saturated carbocycles. The zero-order valence-electron chi connectivity index (χ0n) is 14.0. The van der Waals surface area contributed by atoms with Gasteiger partial charge in [-0.15, -0.1) is 0 Å². The first-order valence-electron chi connectivity index (χ1n) is 8.19. The third kappa shape index (κ3) is 5.26. The van der Waals surface area contributed by atoms with Crippen LogP contribution in [0.1, 0.15) is 21.6 Å². The number of benzene rings is 1. The molecule has 0 bridgehead atoms. The average molecular weight is 368 g/mol. The van der Waals surface area contributed by atoms with Crippen LogP contribution in [0, 0.1) is 0 Å². The van der Waals surface area contributed by atoms with Gasteiger partial charge in [0.05, 0.1) is 0 Å². The summed E-state index contributed by atoms with van der Waals surface area (Å²) in [5, 5.41) is 6.67. The SMILES string of the molecule is O=C(NCc1cccnc1)c1ccnc(NCCc2ccc(Cl)cc2)n1. The van der Waals surface area contributed by atoms with Crippen molar-refractivity contribution in [1.29, 1.82) is 0 Å². The largest absolute Gasteiger partial charge is 0.354 e. The number of nitrogens with one attached hydrogen (secondary N) is 2. The maximum absolute atomic E-state index is 12.2. The Morgan fingerprint density at radius 3 is 2.65 bits per heavy atom. The van der Waals surface area contributed by atoms with Crippen molar-refractivity contribution >= 4 is 23.5 Å². The lowest BCUT2D eigenvalue weighted by atomic mass is 10.1. The van der Waals surface area contributed by atoms with Crippen molar-refractivity contribution in [3.63, 3.8) is 0 Å². The standard InChI is InChI=1S/C19H18ClN5O/c20-16-5-3-14(4-6-16)7-10-22-19-23-11-8-17(25-19)18(26)24-13-15-2-1-9-21-12-15/h1-6,8-9,11-12H,7,10,13H2,(H,24,26)(H,22,23,25). The summed E-state index contributed by atoms with van der Waals surface area (Å²) in [6.45, 7) is 1.05. The van der Waals surface area contributed by atoms with Crippen molar-refractivity contribution in [3.05, 3.63) is 82.9 Å². The Labute approximate surface area is 156 Å². The van der Waals surface area contributed by atoms with Gasteiger partial charge in [0.2, 0.25) is 5.95 Å². The van der Waals surface area contributed by atoms with Crippen molar-refractivity contribution in [2.45, 2.75) is 13.0 Å². The van der Waals surface area contributed by atoms with Gasteiger partial charge < -0.3 is 10.6 Å². The predicted octanol–water partition coefficient (Wildman–Crippen LogP) is 3.11. The molecule has 7 heteroatoms. The van der Waals surface area contributed by atoms with E-state index in [1.165, 1.54) is 0 Å². The monoisotopic (exact) mass is 367 g/mol. The molecule has 0 radical (unpaired) electrons. The van der Waals surface area contributed by atoms with Crippen molar-refractivity contribution in [1.82, 2.24) is 20.3 Å². The topological polar surface area (TPSA) is 79.8 Å². The molecular formula is C19H18ClN5O. The van der Waals surface area contributed by atoms with E-state index in [1.54, 1.807) is 24.7 Å². The number of carbonyl (C=O) groups excluding carboxylic acids is 1. The molecule has 3 aromatic rings. The van der Waals surface area contributed by atoms with Gasteiger partial charge in [0, 0.05) is 36.7 Å². The van der Waals surface area contributed by atoms with E-state index in [0.29, 0.717) is 24.7 Å². The molecule has 2 N–H and O–H groups in total. The molecule has 0 saturated heterocycles. The van der Waals surface area contributed by atoms with E-state index in [-0.39, 0.29) is 5.91 Å². The van der Waals surface area contributed by atoms with Gasteiger partial charge >= 0.3 is 0 Å². The molecule has 3 rings (SSSR count). The second kappa shape index (κ2) is 8.92. The van der Waals surface area contributed by atoms with Crippen molar-refractivity contribution in [2.24, 2.45) is 0 Å². The second-order valence-electron chi connectivity index (χ2n) is 5.61. The highest BCUT2D eigenvalue weighted by atomic mass is 35.5. The fourth-order valence-electron chi connectivity index (χ4n) is 2.32. The van der Waals surface area contributed by atoms with E-state index in [2.05, 4.69) is 25.6 Å². The van der Waals surface area contributed by atoms with Gasteiger partial charge in [-0.05, 0) is 41.8 Å². The Balaban J connectivity index is 1.52. The third-order valence-corrected chi connectivity index (χ3v) is 3.93. The van der Waals surface area contributed by atoms with Crippen molar-refractivity contribution in [3.8, 4) is 0 Å². The molecule has 2 heterocycles. The van der Waals surface area contributed by atoms with Gasteiger partial charge in [0.15, 0.2) is 0 Å². The lowest BCUT2D eigenvalue weighted by Crippen LogP contribution is -2.24. The van der Waals surface area contributed by atoms with Crippen LogP contribution in [-0.2, 0) is 13.0 Å². The van der Waals surface area contributed by atoms with Gasteiger partial charge in [0.1, 0.15) is 5.69 Å². The third-order valence-electron chi connectivity index (χ3n) is 3.67. The molecule has 0 aliphatic heterocycles. The Morgan fingerprint density at radius 2 is 1.88 bits per heavy atom. The molecule has 0 fully saturated rings. The minimum Gasteiger partial charge on any atom is -0.354 e. The van der Waals surface area contributed by atoms with E-state index in [1.807, 2.05) is 36.4 Å². The molecule has 2 aromatic heterocycles. The van der Waals surface area contributed by atoms with E-state index < -0.39 is 0 Å². The maximum Gasteiger partial charge on any atom is 0.270 e. The number of hydrogen-bond donors (Lipinski definition) is 2. The quantitative estimate of drug-likeness (QED) is 0.670. The highest BCUT2D eigenvalue weighted by Crippen LogP contribution is 2.10. The van der Waals surface area contributed by atoms with Crippen LogP contribution in [0.15, 0.2) is 61.1 Å². The van der Waals surface area contributed by atoms with Gasteiger partial charge in [-0.2, -0.15) is 0 Å². The minimum absolute atomic E-state index is 0.253. The Morgan fingerprint density at radius 1 is 1.04 bits per heavy atom. The number of aromatic nitrogens is 3.